The van der Waals surface area contributed by atoms with E-state index in [1.54, 1.807) is 7.11 Å². The highest BCUT2D eigenvalue weighted by molar-refractivity contribution is 14.1. The molecule has 1 rings (SSSR count). The summed E-state index contributed by atoms with van der Waals surface area (Å²) in [5.74, 6) is 5.70. The van der Waals surface area contributed by atoms with Crippen LogP contribution in [0.15, 0.2) is 18.2 Å². The fourth-order valence-corrected chi connectivity index (χ4v) is 2.60. The van der Waals surface area contributed by atoms with Gasteiger partial charge in [-0.05, 0) is 67.3 Å². The van der Waals surface area contributed by atoms with Crippen molar-refractivity contribution in [3.63, 3.8) is 0 Å². The Morgan fingerprint density at radius 2 is 2.11 bits per heavy atom. The molecule has 1 atom stereocenters. The lowest BCUT2D eigenvalue weighted by Crippen LogP contribution is -2.31. The third kappa shape index (κ3) is 4.19. The van der Waals surface area contributed by atoms with Gasteiger partial charge in [-0.15, -0.1) is 0 Å². The van der Waals surface area contributed by atoms with Crippen molar-refractivity contribution in [1.82, 2.24) is 5.43 Å². The maximum Gasteiger partial charge on any atom is 0.0623 e. The Labute approximate surface area is 124 Å². The van der Waals surface area contributed by atoms with Crippen molar-refractivity contribution in [2.45, 2.75) is 45.3 Å². The highest BCUT2D eigenvalue weighted by Crippen LogP contribution is 2.28. The minimum atomic E-state index is -0.107. The van der Waals surface area contributed by atoms with Crippen LogP contribution in [-0.2, 0) is 4.74 Å². The van der Waals surface area contributed by atoms with E-state index in [1.165, 1.54) is 14.7 Å². The van der Waals surface area contributed by atoms with E-state index in [1.807, 2.05) is 0 Å². The summed E-state index contributed by atoms with van der Waals surface area (Å²) in [6.45, 7) is 6.32. The van der Waals surface area contributed by atoms with Crippen LogP contribution < -0.4 is 11.3 Å². The number of aryl methyl sites for hydroxylation is 1. The maximum absolute atomic E-state index is 5.70. The Morgan fingerprint density at radius 3 is 2.67 bits per heavy atom. The van der Waals surface area contributed by atoms with E-state index in [9.17, 15) is 0 Å². The molecule has 0 amide bonds. The smallest absolute Gasteiger partial charge is 0.0623 e. The van der Waals surface area contributed by atoms with Gasteiger partial charge >= 0.3 is 0 Å². The van der Waals surface area contributed by atoms with Gasteiger partial charge in [0.25, 0.3) is 0 Å². The van der Waals surface area contributed by atoms with E-state index >= 15 is 0 Å². The molecule has 0 spiro atoms. The molecule has 18 heavy (non-hydrogen) atoms. The summed E-state index contributed by atoms with van der Waals surface area (Å²) in [5.41, 5.74) is 5.38. The predicted octanol–water partition coefficient (Wildman–Crippen LogP) is 3.31. The number of hydrazine groups is 1. The van der Waals surface area contributed by atoms with E-state index in [4.69, 9.17) is 10.6 Å². The van der Waals surface area contributed by atoms with Crippen molar-refractivity contribution in [3.8, 4) is 0 Å². The molecule has 102 valence electrons. The van der Waals surface area contributed by atoms with E-state index in [0.29, 0.717) is 0 Å². The van der Waals surface area contributed by atoms with Gasteiger partial charge in [0, 0.05) is 16.7 Å². The van der Waals surface area contributed by atoms with Crippen LogP contribution in [0.3, 0.4) is 0 Å². The number of rotatable bonds is 6. The standard InChI is InChI=1S/C14H23IN2O/c1-10-6-5-7-11(13(10)15)12(17-16)8-9-14(2,3)18-4/h5-7,12,17H,8-9,16H2,1-4H3. The molecule has 0 radical (unpaired) electrons. The van der Waals surface area contributed by atoms with Crippen LogP contribution in [0.25, 0.3) is 0 Å². The van der Waals surface area contributed by atoms with E-state index in [2.05, 4.69) is 67.0 Å². The van der Waals surface area contributed by atoms with Crippen LogP contribution in [0.1, 0.15) is 43.9 Å². The first-order chi connectivity index (χ1) is 8.41. The lowest BCUT2D eigenvalue weighted by Gasteiger charge is -2.26. The third-order valence-electron chi connectivity index (χ3n) is 3.39. The molecule has 0 heterocycles. The van der Waals surface area contributed by atoms with Gasteiger partial charge in [-0.3, -0.25) is 11.3 Å². The van der Waals surface area contributed by atoms with Crippen LogP contribution >= 0.6 is 22.6 Å². The Hall–Kier alpha value is -0.170. The molecule has 3 N–H and O–H groups in total. The van der Waals surface area contributed by atoms with Crippen LogP contribution in [0.2, 0.25) is 0 Å². The number of hydrogen-bond acceptors (Lipinski definition) is 3. The molecule has 3 nitrogen and oxygen atoms in total. The summed E-state index contributed by atoms with van der Waals surface area (Å²) in [7, 11) is 1.75. The molecular weight excluding hydrogens is 339 g/mol. The third-order valence-corrected chi connectivity index (χ3v) is 4.86. The van der Waals surface area contributed by atoms with Crippen molar-refractivity contribution in [2.75, 3.05) is 7.11 Å². The van der Waals surface area contributed by atoms with E-state index in [0.717, 1.165) is 12.8 Å². The molecule has 1 unspecified atom stereocenters. The number of methoxy groups -OCH3 is 1. The molecule has 1 aromatic rings. The summed E-state index contributed by atoms with van der Waals surface area (Å²) in [4.78, 5) is 0. The Balaban J connectivity index is 2.81. The van der Waals surface area contributed by atoms with Crippen molar-refractivity contribution >= 4 is 22.6 Å². The number of hydrogen-bond donors (Lipinski definition) is 2. The van der Waals surface area contributed by atoms with Gasteiger partial charge in [0.15, 0.2) is 0 Å². The van der Waals surface area contributed by atoms with Crippen LogP contribution in [0.5, 0.6) is 0 Å². The molecular formula is C14H23IN2O. The number of halogens is 1. The number of benzene rings is 1. The zero-order valence-electron chi connectivity index (χ0n) is 11.6. The lowest BCUT2D eigenvalue weighted by atomic mass is 9.94. The molecule has 4 heteroatoms. The second kappa shape index (κ2) is 6.84. The average Bonchev–Trinajstić information content (AvgIpc) is 2.35. The zero-order valence-corrected chi connectivity index (χ0v) is 13.7. The van der Waals surface area contributed by atoms with Gasteiger partial charge in [0.05, 0.1) is 5.60 Å². The molecule has 0 bridgehead atoms. The zero-order chi connectivity index (χ0) is 13.8. The number of nitrogens with one attached hydrogen (secondary N) is 1. The quantitative estimate of drug-likeness (QED) is 0.464. The number of nitrogens with two attached hydrogens (primary N) is 1. The predicted molar refractivity (Wildman–Crippen MR) is 84.3 cm³/mol. The van der Waals surface area contributed by atoms with E-state index < -0.39 is 0 Å². The summed E-state index contributed by atoms with van der Waals surface area (Å²) in [5, 5.41) is 0. The first kappa shape index (κ1) is 15.9. The van der Waals surface area contributed by atoms with Crippen molar-refractivity contribution in [3.05, 3.63) is 32.9 Å². The molecule has 0 aliphatic heterocycles. The Morgan fingerprint density at radius 1 is 1.44 bits per heavy atom. The van der Waals surface area contributed by atoms with Crippen LogP contribution in [-0.4, -0.2) is 12.7 Å². The highest BCUT2D eigenvalue weighted by Gasteiger charge is 2.21. The second-order valence-electron chi connectivity index (χ2n) is 5.20. The molecule has 0 fully saturated rings. The maximum atomic E-state index is 5.70. The summed E-state index contributed by atoms with van der Waals surface area (Å²) < 4.78 is 6.74. The van der Waals surface area contributed by atoms with Crippen molar-refractivity contribution in [2.24, 2.45) is 5.84 Å². The Kier molecular flexibility index (Phi) is 6.04. The first-order valence-electron chi connectivity index (χ1n) is 6.17. The molecule has 0 aliphatic carbocycles. The largest absolute Gasteiger partial charge is 0.379 e. The SMILES string of the molecule is COC(C)(C)CCC(NN)c1cccc(C)c1I. The molecule has 1 aromatic carbocycles. The minimum Gasteiger partial charge on any atom is -0.379 e. The van der Waals surface area contributed by atoms with Gasteiger partial charge < -0.3 is 4.74 Å². The Bertz CT molecular complexity index is 393. The molecule has 0 saturated heterocycles. The average molecular weight is 362 g/mol. The van der Waals surface area contributed by atoms with Crippen LogP contribution in [0.4, 0.5) is 0 Å². The number of ether oxygens (including phenoxy) is 1. The lowest BCUT2D eigenvalue weighted by molar-refractivity contribution is 0.0116. The monoisotopic (exact) mass is 362 g/mol. The van der Waals surface area contributed by atoms with E-state index in [-0.39, 0.29) is 11.6 Å². The molecule has 0 aliphatic rings. The fraction of sp³-hybridized carbons (Fsp3) is 0.571. The summed E-state index contributed by atoms with van der Waals surface area (Å²) in [6.07, 6.45) is 1.92. The minimum absolute atomic E-state index is 0.107. The van der Waals surface area contributed by atoms with Crippen molar-refractivity contribution < 1.29 is 4.74 Å². The van der Waals surface area contributed by atoms with Crippen LogP contribution in [0, 0.1) is 10.5 Å². The first-order valence-corrected chi connectivity index (χ1v) is 7.25. The fourth-order valence-electron chi connectivity index (χ4n) is 1.86. The van der Waals surface area contributed by atoms with Gasteiger partial charge in [-0.2, -0.15) is 0 Å². The summed E-state index contributed by atoms with van der Waals surface area (Å²) in [6, 6.07) is 6.52. The van der Waals surface area contributed by atoms with Gasteiger partial charge in [0.1, 0.15) is 0 Å². The van der Waals surface area contributed by atoms with Gasteiger partial charge in [-0.25, -0.2) is 0 Å². The highest BCUT2D eigenvalue weighted by atomic mass is 127. The van der Waals surface area contributed by atoms with Crippen molar-refractivity contribution in [1.29, 1.82) is 0 Å². The van der Waals surface area contributed by atoms with Gasteiger partial charge in [-0.1, -0.05) is 18.2 Å². The summed E-state index contributed by atoms with van der Waals surface area (Å²) >= 11 is 2.39. The second-order valence-corrected chi connectivity index (χ2v) is 6.28. The van der Waals surface area contributed by atoms with Gasteiger partial charge in [0.2, 0.25) is 0 Å². The normalized spacial score (nSPS) is 13.7. The molecule has 0 aromatic heterocycles. The molecule has 0 saturated carbocycles. The topological polar surface area (TPSA) is 47.3 Å².